The Labute approximate surface area is 181 Å². The van der Waals surface area contributed by atoms with E-state index < -0.39 is 0 Å². The van der Waals surface area contributed by atoms with Gasteiger partial charge in [-0.15, -0.1) is 0 Å². The minimum Gasteiger partial charge on any atom is -0.495 e. The number of aryl methyl sites for hydroxylation is 1. The van der Waals surface area contributed by atoms with Crippen molar-refractivity contribution < 1.29 is 13.9 Å². The summed E-state index contributed by atoms with van der Waals surface area (Å²) in [7, 11) is 1.64. The van der Waals surface area contributed by atoms with Crippen LogP contribution in [0.3, 0.4) is 0 Å². The molecule has 0 aliphatic carbocycles. The molecule has 1 aliphatic rings. The number of ether oxygens (including phenoxy) is 1. The van der Waals surface area contributed by atoms with Crippen LogP contribution in [0.1, 0.15) is 36.6 Å². The van der Waals surface area contributed by atoms with E-state index in [9.17, 15) is 9.18 Å². The zero-order valence-corrected chi connectivity index (χ0v) is 18.0. The van der Waals surface area contributed by atoms with Crippen molar-refractivity contribution in [3.8, 4) is 11.4 Å². The normalized spacial score (nSPS) is 17.9. The molecule has 1 atom stereocenters. The summed E-state index contributed by atoms with van der Waals surface area (Å²) in [5, 5.41) is 0. The number of aromatic nitrogens is 2. The Morgan fingerprint density at radius 1 is 1.23 bits per heavy atom. The van der Waals surface area contributed by atoms with Crippen LogP contribution in [0.2, 0.25) is 0 Å². The monoisotopic (exact) mass is 419 g/mol. The lowest BCUT2D eigenvalue weighted by Crippen LogP contribution is -2.42. The van der Waals surface area contributed by atoms with E-state index in [0.717, 1.165) is 40.9 Å². The summed E-state index contributed by atoms with van der Waals surface area (Å²) in [6.45, 7) is 4.47. The van der Waals surface area contributed by atoms with Crippen LogP contribution in [0.4, 0.5) is 4.39 Å². The zero-order chi connectivity index (χ0) is 22.0. The third-order valence-corrected chi connectivity index (χ3v) is 5.70. The van der Waals surface area contributed by atoms with Crippen molar-refractivity contribution in [3.63, 3.8) is 0 Å². The summed E-state index contributed by atoms with van der Waals surface area (Å²) in [6.07, 6.45) is 7.25. The molecule has 1 saturated heterocycles. The SMILES string of the molecule is COc1cc(C=C2CC[C@H](C)N(Cc3ccc(F)cc3)C2=O)ccc1-n1cnc(C)c1. The summed E-state index contributed by atoms with van der Waals surface area (Å²) in [5.41, 5.74) is 4.43. The molecule has 1 aliphatic heterocycles. The number of carbonyl (C=O) groups excluding carboxylic acids is 1. The van der Waals surface area contributed by atoms with Gasteiger partial charge < -0.3 is 14.2 Å². The number of halogens is 1. The van der Waals surface area contributed by atoms with Crippen LogP contribution in [-0.4, -0.2) is 33.5 Å². The van der Waals surface area contributed by atoms with Crippen molar-refractivity contribution in [3.05, 3.63) is 83.2 Å². The van der Waals surface area contributed by atoms with Gasteiger partial charge in [-0.25, -0.2) is 9.37 Å². The Morgan fingerprint density at radius 2 is 2.00 bits per heavy atom. The van der Waals surface area contributed by atoms with E-state index in [1.165, 1.54) is 12.1 Å². The Bertz CT molecular complexity index is 1120. The predicted octanol–water partition coefficient (Wildman–Crippen LogP) is 4.92. The first-order valence-electron chi connectivity index (χ1n) is 10.4. The Balaban J connectivity index is 1.58. The molecular weight excluding hydrogens is 393 g/mol. The molecule has 0 spiro atoms. The van der Waals surface area contributed by atoms with Gasteiger partial charge in [0.05, 0.1) is 24.8 Å². The van der Waals surface area contributed by atoms with Gasteiger partial charge >= 0.3 is 0 Å². The van der Waals surface area contributed by atoms with Gasteiger partial charge in [-0.3, -0.25) is 4.79 Å². The average molecular weight is 420 g/mol. The Hall–Kier alpha value is -3.41. The van der Waals surface area contributed by atoms with Crippen LogP contribution < -0.4 is 4.74 Å². The standard InChI is InChI=1S/C25H26FN3O2/c1-17-14-28(16-27-17)23-11-7-20(13-24(23)31-3)12-21-8-4-18(2)29(25(21)30)15-19-5-9-22(26)10-6-19/h5-7,9-14,16,18H,4,8,15H2,1-3H3/t18-/m0/s1. The second kappa shape index (κ2) is 8.76. The van der Waals surface area contributed by atoms with Crippen molar-refractivity contribution in [1.29, 1.82) is 0 Å². The number of piperidine rings is 1. The van der Waals surface area contributed by atoms with Crippen molar-refractivity contribution in [1.82, 2.24) is 14.5 Å². The van der Waals surface area contributed by atoms with E-state index in [0.29, 0.717) is 12.3 Å². The van der Waals surface area contributed by atoms with Crippen LogP contribution in [0, 0.1) is 12.7 Å². The van der Waals surface area contributed by atoms with Gasteiger partial charge in [0, 0.05) is 24.4 Å². The van der Waals surface area contributed by atoms with Crippen LogP contribution >= 0.6 is 0 Å². The van der Waals surface area contributed by atoms with E-state index >= 15 is 0 Å². The van der Waals surface area contributed by atoms with E-state index in [4.69, 9.17) is 4.74 Å². The number of carbonyl (C=O) groups is 1. The summed E-state index contributed by atoms with van der Waals surface area (Å²) < 4.78 is 20.7. The molecule has 2 aromatic carbocycles. The summed E-state index contributed by atoms with van der Waals surface area (Å²) >= 11 is 0. The zero-order valence-electron chi connectivity index (χ0n) is 18.0. The van der Waals surface area contributed by atoms with Crippen LogP contribution in [0.15, 0.2) is 60.6 Å². The molecule has 5 nitrogen and oxygen atoms in total. The molecule has 31 heavy (non-hydrogen) atoms. The lowest BCUT2D eigenvalue weighted by Gasteiger charge is -2.35. The second-order valence-corrected chi connectivity index (χ2v) is 7.97. The Morgan fingerprint density at radius 3 is 2.68 bits per heavy atom. The first-order chi connectivity index (χ1) is 14.9. The quantitative estimate of drug-likeness (QED) is 0.552. The largest absolute Gasteiger partial charge is 0.495 e. The van der Waals surface area contributed by atoms with Crippen molar-refractivity contribution in [2.75, 3.05) is 7.11 Å². The van der Waals surface area contributed by atoms with Crippen LogP contribution in [-0.2, 0) is 11.3 Å². The number of nitrogens with zero attached hydrogens (tertiary/aromatic N) is 3. The number of likely N-dealkylation sites (tertiary alicyclic amines) is 1. The molecule has 0 radical (unpaired) electrons. The van der Waals surface area contributed by atoms with Crippen molar-refractivity contribution >= 4 is 12.0 Å². The van der Waals surface area contributed by atoms with Gasteiger partial charge in [-0.2, -0.15) is 0 Å². The van der Waals surface area contributed by atoms with Crippen LogP contribution in [0.5, 0.6) is 5.75 Å². The first-order valence-corrected chi connectivity index (χ1v) is 10.4. The maximum Gasteiger partial charge on any atom is 0.250 e. The average Bonchev–Trinajstić information content (AvgIpc) is 3.20. The van der Waals surface area contributed by atoms with E-state index in [2.05, 4.69) is 11.9 Å². The highest BCUT2D eigenvalue weighted by molar-refractivity contribution is 5.98. The third kappa shape index (κ3) is 4.53. The lowest BCUT2D eigenvalue weighted by molar-refractivity contribution is -0.131. The number of rotatable bonds is 5. The van der Waals surface area contributed by atoms with Gasteiger partial charge in [-0.05, 0) is 68.2 Å². The Kier molecular flexibility index (Phi) is 5.89. The molecule has 1 aromatic heterocycles. The maximum absolute atomic E-state index is 13.2. The van der Waals surface area contributed by atoms with Gasteiger partial charge in [0.1, 0.15) is 11.6 Å². The fraction of sp³-hybridized carbons (Fsp3) is 0.280. The minimum absolute atomic E-state index is 0.0244. The summed E-state index contributed by atoms with van der Waals surface area (Å²) in [4.78, 5) is 19.3. The van der Waals surface area contributed by atoms with Crippen molar-refractivity contribution in [2.24, 2.45) is 0 Å². The second-order valence-electron chi connectivity index (χ2n) is 7.97. The molecule has 1 fully saturated rings. The van der Waals surface area contributed by atoms with Crippen molar-refractivity contribution in [2.45, 2.75) is 39.3 Å². The summed E-state index contributed by atoms with van der Waals surface area (Å²) in [5.74, 6) is 0.466. The van der Waals surface area contributed by atoms with Crippen LogP contribution in [0.25, 0.3) is 11.8 Å². The highest BCUT2D eigenvalue weighted by Crippen LogP contribution is 2.29. The highest BCUT2D eigenvalue weighted by Gasteiger charge is 2.28. The van der Waals surface area contributed by atoms with E-state index in [1.54, 1.807) is 25.6 Å². The molecular formula is C25H26FN3O2. The minimum atomic E-state index is -0.273. The topological polar surface area (TPSA) is 47.4 Å². The molecule has 1 amide bonds. The number of benzene rings is 2. The molecule has 0 unspecified atom stereocenters. The summed E-state index contributed by atoms with van der Waals surface area (Å²) in [6, 6.07) is 12.4. The van der Waals surface area contributed by atoms with Gasteiger partial charge in [0.15, 0.2) is 0 Å². The van der Waals surface area contributed by atoms with Gasteiger partial charge in [0.2, 0.25) is 5.91 Å². The molecule has 4 rings (SSSR count). The number of hydrogen-bond acceptors (Lipinski definition) is 3. The first kappa shape index (κ1) is 20.8. The third-order valence-electron chi connectivity index (χ3n) is 5.70. The van der Waals surface area contributed by atoms with Gasteiger partial charge in [-0.1, -0.05) is 18.2 Å². The van der Waals surface area contributed by atoms with E-state index in [1.807, 2.05) is 46.9 Å². The molecule has 2 heterocycles. The molecule has 0 bridgehead atoms. The molecule has 3 aromatic rings. The van der Waals surface area contributed by atoms with Gasteiger partial charge in [0.25, 0.3) is 0 Å². The number of imidazole rings is 1. The maximum atomic E-state index is 13.2. The molecule has 6 heteroatoms. The highest BCUT2D eigenvalue weighted by atomic mass is 19.1. The molecule has 160 valence electrons. The number of hydrogen-bond donors (Lipinski definition) is 0. The molecule has 0 saturated carbocycles. The van der Waals surface area contributed by atoms with E-state index in [-0.39, 0.29) is 17.8 Å². The number of amides is 1. The number of methoxy groups -OCH3 is 1. The lowest BCUT2D eigenvalue weighted by atomic mass is 9.95. The smallest absolute Gasteiger partial charge is 0.250 e. The predicted molar refractivity (Wildman–Crippen MR) is 118 cm³/mol. The fourth-order valence-corrected chi connectivity index (χ4v) is 3.91. The molecule has 0 N–H and O–H groups in total. The fourth-order valence-electron chi connectivity index (χ4n) is 3.91.